The number of fused-ring (bicyclic) bond motifs is 2. The van der Waals surface area contributed by atoms with Gasteiger partial charge in [0.05, 0.1) is 19.5 Å². The second-order valence-corrected chi connectivity index (χ2v) is 7.36. The largest absolute Gasteiger partial charge is 0.347 e. The van der Waals surface area contributed by atoms with Crippen molar-refractivity contribution in [1.82, 2.24) is 25.4 Å². The molecule has 1 aliphatic heterocycles. The monoisotopic (exact) mass is 391 g/mol. The first-order chi connectivity index (χ1) is 14.2. The molecule has 1 aromatic heterocycles. The minimum atomic E-state index is -0.234. The summed E-state index contributed by atoms with van der Waals surface area (Å²) in [6, 6.07) is 13.9. The van der Waals surface area contributed by atoms with Crippen LogP contribution in [0.3, 0.4) is 0 Å². The van der Waals surface area contributed by atoms with Crippen molar-refractivity contribution in [1.29, 1.82) is 0 Å². The highest BCUT2D eigenvalue weighted by atomic mass is 16.2. The van der Waals surface area contributed by atoms with Crippen molar-refractivity contribution in [2.75, 3.05) is 6.54 Å². The van der Waals surface area contributed by atoms with Crippen LogP contribution in [0.2, 0.25) is 0 Å². The summed E-state index contributed by atoms with van der Waals surface area (Å²) in [5.74, 6) is 1.36. The molecule has 0 atom stereocenters. The lowest BCUT2D eigenvalue weighted by atomic mass is 10.0. The number of rotatable bonds is 6. The second kappa shape index (κ2) is 8.86. The predicted octanol–water partition coefficient (Wildman–Crippen LogP) is 2.13. The minimum Gasteiger partial charge on any atom is -0.347 e. The lowest BCUT2D eigenvalue weighted by Gasteiger charge is -2.10. The molecule has 2 heterocycles. The number of hydrogen-bond acceptors (Lipinski definition) is 4. The number of hydrogen-bond donors (Lipinski definition) is 2. The van der Waals surface area contributed by atoms with Crippen LogP contribution in [0.25, 0.3) is 10.8 Å². The van der Waals surface area contributed by atoms with Crippen molar-refractivity contribution in [2.24, 2.45) is 0 Å². The molecular formula is C22H25N5O2. The van der Waals surface area contributed by atoms with Gasteiger partial charge < -0.3 is 15.2 Å². The molecule has 0 radical (unpaired) electrons. The number of amides is 2. The number of aromatic nitrogens is 3. The van der Waals surface area contributed by atoms with Gasteiger partial charge in [0.1, 0.15) is 5.82 Å². The summed E-state index contributed by atoms with van der Waals surface area (Å²) >= 11 is 0. The average molecular weight is 391 g/mol. The van der Waals surface area contributed by atoms with Crippen molar-refractivity contribution < 1.29 is 9.59 Å². The first-order valence-electron chi connectivity index (χ1n) is 10.1. The van der Waals surface area contributed by atoms with Crippen molar-refractivity contribution in [3.8, 4) is 0 Å². The van der Waals surface area contributed by atoms with Crippen molar-refractivity contribution >= 4 is 22.6 Å². The SMILES string of the molecule is O=C(CNC(=O)Cc1cccc2ccccc12)NCc1nnc2n1CCCCC2. The molecule has 2 amide bonds. The second-order valence-electron chi connectivity index (χ2n) is 7.36. The van der Waals surface area contributed by atoms with Gasteiger partial charge in [0.2, 0.25) is 11.8 Å². The molecule has 2 aromatic carbocycles. The van der Waals surface area contributed by atoms with Gasteiger partial charge in [0.15, 0.2) is 5.82 Å². The molecular weight excluding hydrogens is 366 g/mol. The van der Waals surface area contributed by atoms with Gasteiger partial charge in [0.25, 0.3) is 0 Å². The highest BCUT2D eigenvalue weighted by molar-refractivity contribution is 5.91. The number of carbonyl (C=O) groups is 2. The van der Waals surface area contributed by atoms with E-state index in [9.17, 15) is 9.59 Å². The summed E-state index contributed by atoms with van der Waals surface area (Å²) in [6.07, 6.45) is 4.61. The van der Waals surface area contributed by atoms with Gasteiger partial charge in [0, 0.05) is 13.0 Å². The maximum Gasteiger partial charge on any atom is 0.239 e. The smallest absolute Gasteiger partial charge is 0.239 e. The van der Waals surface area contributed by atoms with E-state index < -0.39 is 0 Å². The first kappa shape index (κ1) is 19.1. The van der Waals surface area contributed by atoms with Crippen LogP contribution in [-0.4, -0.2) is 33.1 Å². The molecule has 29 heavy (non-hydrogen) atoms. The van der Waals surface area contributed by atoms with Crippen LogP contribution in [0.15, 0.2) is 42.5 Å². The molecule has 0 unspecified atom stereocenters. The molecule has 0 spiro atoms. The van der Waals surface area contributed by atoms with Crippen LogP contribution in [0, 0.1) is 0 Å². The summed E-state index contributed by atoms with van der Waals surface area (Å²) in [6.45, 7) is 1.17. The summed E-state index contributed by atoms with van der Waals surface area (Å²) in [4.78, 5) is 24.5. The topological polar surface area (TPSA) is 88.9 Å². The number of nitrogens with one attached hydrogen (secondary N) is 2. The number of carbonyl (C=O) groups excluding carboxylic acids is 2. The fraction of sp³-hybridized carbons (Fsp3) is 0.364. The van der Waals surface area contributed by atoms with Crippen LogP contribution in [0.4, 0.5) is 0 Å². The third-order valence-corrected chi connectivity index (χ3v) is 5.31. The average Bonchev–Trinajstić information content (AvgIpc) is 2.97. The molecule has 4 rings (SSSR count). The zero-order valence-corrected chi connectivity index (χ0v) is 16.4. The molecule has 3 aromatic rings. The quantitative estimate of drug-likeness (QED) is 0.674. The third kappa shape index (κ3) is 4.62. The molecule has 2 N–H and O–H groups in total. The molecule has 7 nitrogen and oxygen atoms in total. The van der Waals surface area contributed by atoms with Gasteiger partial charge in [-0.15, -0.1) is 10.2 Å². The van der Waals surface area contributed by atoms with Gasteiger partial charge in [-0.1, -0.05) is 48.9 Å². The maximum absolute atomic E-state index is 12.3. The summed E-state index contributed by atoms with van der Waals surface area (Å²) < 4.78 is 2.10. The van der Waals surface area contributed by atoms with Gasteiger partial charge >= 0.3 is 0 Å². The molecule has 0 aliphatic carbocycles. The van der Waals surface area contributed by atoms with Crippen LogP contribution >= 0.6 is 0 Å². The highest BCUT2D eigenvalue weighted by Gasteiger charge is 2.15. The van der Waals surface area contributed by atoms with Crippen molar-refractivity contribution in [3.05, 3.63) is 59.7 Å². The normalized spacial score (nSPS) is 13.5. The van der Waals surface area contributed by atoms with Gasteiger partial charge in [-0.3, -0.25) is 9.59 Å². The van der Waals surface area contributed by atoms with E-state index >= 15 is 0 Å². The van der Waals surface area contributed by atoms with E-state index in [2.05, 4.69) is 25.4 Å². The fourth-order valence-electron chi connectivity index (χ4n) is 3.78. The standard InChI is InChI=1S/C22H25N5O2/c28-21(13-17-9-6-8-16-7-3-4-10-18(16)17)24-15-22(29)23-14-20-26-25-19-11-2-1-5-12-27(19)20/h3-4,6-10H,1-2,5,11-15H2,(H,23,29)(H,24,28). The van der Waals surface area contributed by atoms with Crippen LogP contribution in [-0.2, 0) is 35.5 Å². The number of nitrogens with zero attached hydrogens (tertiary/aromatic N) is 3. The molecule has 0 fully saturated rings. The number of benzene rings is 2. The summed E-state index contributed by atoms with van der Waals surface area (Å²) in [5, 5.41) is 16.1. The Labute approximate surface area is 169 Å². The number of aryl methyl sites for hydroxylation is 1. The van der Waals surface area contributed by atoms with Gasteiger partial charge in [-0.2, -0.15) is 0 Å². The van der Waals surface area contributed by atoms with E-state index in [1.807, 2.05) is 42.5 Å². The fourth-order valence-corrected chi connectivity index (χ4v) is 3.78. The minimum absolute atomic E-state index is 0.0510. The lowest BCUT2D eigenvalue weighted by molar-refractivity contribution is -0.125. The lowest BCUT2D eigenvalue weighted by Crippen LogP contribution is -2.37. The Balaban J connectivity index is 1.27. The van der Waals surface area contributed by atoms with Crippen molar-refractivity contribution in [2.45, 2.75) is 45.2 Å². The van der Waals surface area contributed by atoms with Crippen LogP contribution in [0.5, 0.6) is 0 Å². The molecule has 0 saturated carbocycles. The first-order valence-corrected chi connectivity index (χ1v) is 10.1. The maximum atomic E-state index is 12.3. The van der Waals surface area contributed by atoms with E-state index in [4.69, 9.17) is 0 Å². The Morgan fingerprint density at radius 3 is 2.72 bits per heavy atom. The molecule has 7 heteroatoms. The Morgan fingerprint density at radius 1 is 0.931 bits per heavy atom. The van der Waals surface area contributed by atoms with Crippen LogP contribution < -0.4 is 10.6 Å². The molecule has 0 saturated heterocycles. The Kier molecular flexibility index (Phi) is 5.84. The summed E-state index contributed by atoms with van der Waals surface area (Å²) in [5.41, 5.74) is 0.951. The van der Waals surface area contributed by atoms with Gasteiger partial charge in [-0.05, 0) is 29.2 Å². The Hall–Kier alpha value is -3.22. The predicted molar refractivity (Wildman–Crippen MR) is 110 cm³/mol. The van der Waals surface area contributed by atoms with E-state index in [-0.39, 0.29) is 24.8 Å². The van der Waals surface area contributed by atoms with Crippen LogP contribution in [0.1, 0.15) is 36.5 Å². The van der Waals surface area contributed by atoms with Gasteiger partial charge in [-0.25, -0.2) is 0 Å². The van der Waals surface area contributed by atoms with E-state index in [0.717, 1.165) is 53.8 Å². The molecule has 150 valence electrons. The van der Waals surface area contributed by atoms with Crippen molar-refractivity contribution in [3.63, 3.8) is 0 Å². The molecule has 1 aliphatic rings. The Bertz CT molecular complexity index is 1020. The third-order valence-electron chi connectivity index (χ3n) is 5.31. The zero-order chi connectivity index (χ0) is 20.1. The molecule has 0 bridgehead atoms. The zero-order valence-electron chi connectivity index (χ0n) is 16.4. The highest BCUT2D eigenvalue weighted by Crippen LogP contribution is 2.18. The summed E-state index contributed by atoms with van der Waals surface area (Å²) in [7, 11) is 0. The van der Waals surface area contributed by atoms with E-state index in [0.29, 0.717) is 6.54 Å². The van der Waals surface area contributed by atoms with E-state index in [1.165, 1.54) is 6.42 Å². The van der Waals surface area contributed by atoms with E-state index in [1.54, 1.807) is 0 Å². The Morgan fingerprint density at radius 2 is 1.79 bits per heavy atom.